The molecule has 1 heterocycles. The molecule has 1 fully saturated rings. The number of likely N-dealkylation sites (N-methyl/N-ethyl adjacent to an activating group) is 1. The maximum atomic E-state index is 13.7. The van der Waals surface area contributed by atoms with Gasteiger partial charge in [0.2, 0.25) is 5.91 Å². The van der Waals surface area contributed by atoms with E-state index in [-0.39, 0.29) is 17.0 Å². The molecule has 1 atom stereocenters. The van der Waals surface area contributed by atoms with Gasteiger partial charge >= 0.3 is 0 Å². The van der Waals surface area contributed by atoms with Crippen LogP contribution in [0.2, 0.25) is 10.0 Å². The number of carbonyl (C=O) groups excluding carboxylic acids is 1. The molecule has 2 rings (SSSR count). The van der Waals surface area contributed by atoms with Crippen molar-refractivity contribution in [3.8, 4) is 0 Å². The molecule has 1 aromatic rings. The van der Waals surface area contributed by atoms with Crippen LogP contribution >= 0.6 is 23.2 Å². The van der Waals surface area contributed by atoms with Crippen LogP contribution in [0.1, 0.15) is 25.5 Å². The predicted octanol–water partition coefficient (Wildman–Crippen LogP) is 3.37. The largest absolute Gasteiger partial charge is 0.371 e. The Hall–Kier alpha value is -0.880. The highest BCUT2D eigenvalue weighted by atomic mass is 35.5. The van der Waals surface area contributed by atoms with Gasteiger partial charge < -0.3 is 9.64 Å². The Balaban J connectivity index is 2.06. The molecule has 1 saturated heterocycles. The summed E-state index contributed by atoms with van der Waals surface area (Å²) in [4.78, 5) is 16.0. The highest BCUT2D eigenvalue weighted by molar-refractivity contribution is 6.35. The number of halogens is 3. The van der Waals surface area contributed by atoms with Gasteiger partial charge in [-0.15, -0.1) is 0 Å². The fraction of sp³-hybridized carbons (Fsp3) is 0.562. The molecule has 0 aliphatic carbocycles. The molecule has 0 radical (unpaired) electrons. The average Bonchev–Trinajstić information content (AvgIpc) is 2.52. The molecule has 7 heteroatoms. The second-order valence-corrected chi connectivity index (χ2v) is 6.26. The summed E-state index contributed by atoms with van der Waals surface area (Å²) >= 11 is 11.9. The summed E-state index contributed by atoms with van der Waals surface area (Å²) in [5.41, 5.74) is 0.563. The van der Waals surface area contributed by atoms with Gasteiger partial charge in [-0.05, 0) is 26.0 Å². The smallest absolute Gasteiger partial charge is 0.236 e. The van der Waals surface area contributed by atoms with Crippen molar-refractivity contribution in [3.63, 3.8) is 0 Å². The van der Waals surface area contributed by atoms with Crippen molar-refractivity contribution < 1.29 is 13.9 Å². The molecule has 1 aromatic carbocycles. The van der Waals surface area contributed by atoms with Crippen LogP contribution in [-0.4, -0.2) is 55.0 Å². The van der Waals surface area contributed by atoms with Crippen molar-refractivity contribution in [1.29, 1.82) is 0 Å². The molecule has 23 heavy (non-hydrogen) atoms. The van der Waals surface area contributed by atoms with Crippen molar-refractivity contribution >= 4 is 29.1 Å². The minimum atomic E-state index is -0.522. The molecule has 0 bridgehead atoms. The molecule has 0 N–H and O–H groups in total. The summed E-state index contributed by atoms with van der Waals surface area (Å²) in [6.45, 7) is 7.26. The number of carbonyl (C=O) groups is 1. The lowest BCUT2D eigenvalue weighted by Gasteiger charge is -2.34. The summed E-state index contributed by atoms with van der Waals surface area (Å²) < 4.78 is 19.4. The van der Waals surface area contributed by atoms with E-state index in [1.807, 2.05) is 18.7 Å². The topological polar surface area (TPSA) is 32.8 Å². The van der Waals surface area contributed by atoms with Crippen LogP contribution in [0.25, 0.3) is 0 Å². The summed E-state index contributed by atoms with van der Waals surface area (Å²) in [6, 6.07) is 2.70. The number of benzene rings is 1. The highest BCUT2D eigenvalue weighted by Crippen LogP contribution is 2.32. The summed E-state index contributed by atoms with van der Waals surface area (Å²) in [7, 11) is 0. The Labute approximate surface area is 146 Å². The van der Waals surface area contributed by atoms with Crippen molar-refractivity contribution in [2.24, 2.45) is 0 Å². The van der Waals surface area contributed by atoms with E-state index in [0.717, 1.165) is 0 Å². The maximum absolute atomic E-state index is 13.7. The van der Waals surface area contributed by atoms with Crippen molar-refractivity contribution in [2.75, 3.05) is 39.3 Å². The van der Waals surface area contributed by atoms with Crippen LogP contribution in [-0.2, 0) is 9.53 Å². The number of hydrogen-bond donors (Lipinski definition) is 0. The Morgan fingerprint density at radius 1 is 1.35 bits per heavy atom. The van der Waals surface area contributed by atoms with Gasteiger partial charge in [-0.2, -0.15) is 0 Å². The van der Waals surface area contributed by atoms with Crippen LogP contribution in [0.15, 0.2) is 12.1 Å². The molecule has 4 nitrogen and oxygen atoms in total. The number of morpholine rings is 1. The van der Waals surface area contributed by atoms with E-state index in [4.69, 9.17) is 27.9 Å². The lowest BCUT2D eigenvalue weighted by molar-refractivity contribution is -0.134. The Morgan fingerprint density at radius 2 is 2.04 bits per heavy atom. The molecule has 0 saturated carbocycles. The van der Waals surface area contributed by atoms with Crippen LogP contribution in [0, 0.1) is 5.82 Å². The average molecular weight is 363 g/mol. The summed E-state index contributed by atoms with van der Waals surface area (Å²) in [5, 5.41) is 0.362. The van der Waals surface area contributed by atoms with Gasteiger partial charge in [-0.25, -0.2) is 4.39 Å². The highest BCUT2D eigenvalue weighted by Gasteiger charge is 2.26. The lowest BCUT2D eigenvalue weighted by Crippen LogP contribution is -2.45. The van der Waals surface area contributed by atoms with Gasteiger partial charge in [0.05, 0.1) is 24.3 Å². The van der Waals surface area contributed by atoms with E-state index in [0.29, 0.717) is 49.9 Å². The maximum Gasteiger partial charge on any atom is 0.236 e. The van der Waals surface area contributed by atoms with Gasteiger partial charge in [0.1, 0.15) is 5.82 Å². The molecule has 1 amide bonds. The Bertz CT molecular complexity index is 567. The molecule has 0 aromatic heterocycles. The zero-order valence-corrected chi connectivity index (χ0v) is 14.8. The Morgan fingerprint density at radius 3 is 2.70 bits per heavy atom. The second-order valence-electron chi connectivity index (χ2n) is 5.45. The minimum absolute atomic E-state index is 0.0110. The van der Waals surface area contributed by atoms with Gasteiger partial charge in [0.25, 0.3) is 0 Å². The zero-order valence-electron chi connectivity index (χ0n) is 13.3. The summed E-state index contributed by atoms with van der Waals surface area (Å²) in [6.07, 6.45) is -0.368. The van der Waals surface area contributed by atoms with Gasteiger partial charge in [0, 0.05) is 36.8 Å². The number of rotatable bonds is 5. The number of ether oxygens (including phenoxy) is 1. The number of nitrogens with zero attached hydrogens (tertiary/aromatic N) is 2. The first-order chi connectivity index (χ1) is 11.0. The van der Waals surface area contributed by atoms with Crippen molar-refractivity contribution in [2.45, 2.75) is 20.0 Å². The first-order valence-corrected chi connectivity index (χ1v) is 8.48. The van der Waals surface area contributed by atoms with E-state index < -0.39 is 5.82 Å². The van der Waals surface area contributed by atoms with Gasteiger partial charge in [-0.1, -0.05) is 23.2 Å². The third kappa shape index (κ3) is 4.57. The quantitative estimate of drug-likeness (QED) is 0.752. The molecular weight excluding hydrogens is 342 g/mol. The summed E-state index contributed by atoms with van der Waals surface area (Å²) in [5.74, 6) is -0.435. The Kier molecular flexibility index (Phi) is 6.65. The zero-order chi connectivity index (χ0) is 17.0. The number of amides is 1. The fourth-order valence-electron chi connectivity index (χ4n) is 2.69. The van der Waals surface area contributed by atoms with E-state index in [9.17, 15) is 9.18 Å². The van der Waals surface area contributed by atoms with E-state index in [1.165, 1.54) is 12.1 Å². The van der Waals surface area contributed by atoms with Crippen LogP contribution < -0.4 is 0 Å². The standard InChI is InChI=1S/C16H21Cl2FN2O2/c1-3-21(4-2)16(22)10-20-5-6-23-15(9-20)11-7-14(19)13(18)8-12(11)17/h7-8,15H,3-6,9-10H2,1-2H3/t15-/m1/s1. The fourth-order valence-corrected chi connectivity index (χ4v) is 3.19. The van der Waals surface area contributed by atoms with E-state index >= 15 is 0 Å². The molecule has 1 aliphatic rings. The molecular formula is C16H21Cl2FN2O2. The van der Waals surface area contributed by atoms with Gasteiger partial charge in [0.15, 0.2) is 0 Å². The molecule has 0 spiro atoms. The van der Waals surface area contributed by atoms with E-state index in [2.05, 4.69) is 0 Å². The molecule has 128 valence electrons. The van der Waals surface area contributed by atoms with Crippen LogP contribution in [0.3, 0.4) is 0 Å². The monoisotopic (exact) mass is 362 g/mol. The lowest BCUT2D eigenvalue weighted by atomic mass is 10.1. The van der Waals surface area contributed by atoms with Crippen LogP contribution in [0.4, 0.5) is 4.39 Å². The molecule has 0 unspecified atom stereocenters. The van der Waals surface area contributed by atoms with Crippen molar-refractivity contribution in [1.82, 2.24) is 9.80 Å². The predicted molar refractivity (Wildman–Crippen MR) is 89.5 cm³/mol. The minimum Gasteiger partial charge on any atom is -0.371 e. The van der Waals surface area contributed by atoms with Crippen LogP contribution in [0.5, 0.6) is 0 Å². The normalized spacial score (nSPS) is 18.9. The third-order valence-corrected chi connectivity index (χ3v) is 4.63. The van der Waals surface area contributed by atoms with Crippen molar-refractivity contribution in [3.05, 3.63) is 33.6 Å². The van der Waals surface area contributed by atoms with E-state index in [1.54, 1.807) is 4.90 Å². The second kappa shape index (κ2) is 8.29. The van der Waals surface area contributed by atoms with Gasteiger partial charge in [-0.3, -0.25) is 9.69 Å². The molecule has 1 aliphatic heterocycles. The third-order valence-electron chi connectivity index (χ3n) is 4.01. The first-order valence-electron chi connectivity index (χ1n) is 7.72. The first kappa shape index (κ1) is 18.5. The SMILES string of the molecule is CCN(CC)C(=O)CN1CCO[C@@H](c2cc(F)c(Cl)cc2Cl)C1. The number of hydrogen-bond acceptors (Lipinski definition) is 3.